The van der Waals surface area contributed by atoms with Gasteiger partial charge in [0.2, 0.25) is 10.0 Å². The number of nitro benzene ring substituents is 1. The number of halogens is 1. The number of para-hydroxylation sites is 1. The predicted octanol–water partition coefficient (Wildman–Crippen LogP) is 4.70. The molecule has 0 spiro atoms. The third-order valence-electron chi connectivity index (χ3n) is 8.26. The minimum Gasteiger partial charge on any atom is -0.457 e. The Morgan fingerprint density at radius 3 is 2.70 bits per heavy atom. The molecule has 2 N–H and O–H groups in total. The van der Waals surface area contributed by atoms with E-state index in [0.717, 1.165) is 17.3 Å². The van der Waals surface area contributed by atoms with E-state index < -0.39 is 31.4 Å². The molecular formula is C32H29BrN10O6S. The van der Waals surface area contributed by atoms with E-state index in [4.69, 9.17) is 9.72 Å². The number of aliphatic hydroxyl groups is 1. The summed E-state index contributed by atoms with van der Waals surface area (Å²) in [5, 5.41) is 29.3. The van der Waals surface area contributed by atoms with Crippen molar-refractivity contribution in [2.45, 2.75) is 11.8 Å². The molecule has 1 saturated heterocycles. The van der Waals surface area contributed by atoms with Gasteiger partial charge in [-0.05, 0) is 64.8 Å². The summed E-state index contributed by atoms with van der Waals surface area (Å²) < 4.78 is 36.9. The minimum atomic E-state index is -4.25. The number of hydrogen-bond acceptors (Lipinski definition) is 13. The average Bonchev–Trinajstić information content (AvgIpc) is 3.46. The first-order valence-electron chi connectivity index (χ1n) is 15.4. The van der Waals surface area contributed by atoms with Gasteiger partial charge in [-0.1, -0.05) is 12.1 Å². The molecule has 7 rings (SSSR count). The van der Waals surface area contributed by atoms with Crippen molar-refractivity contribution in [3.05, 3.63) is 99.7 Å². The molecule has 1 fully saturated rings. The topological polar surface area (TPSA) is 194 Å². The molecule has 6 aromatic rings. The maximum absolute atomic E-state index is 13.7. The standard InChI is InChI=1S/C32H29BrN10O6S/c1-20-12-22(6-7-27(20)49-23-8-9-42-29(13-23)35-19-37-42)38-31-30-25(34-18-36-31)14-24(33)32(39-30)40-10-11-41(16-21(15-40)17-44)50(47,48)28-5-3-2-4-26(28)43(45)46/h2-9,12-14,18-19,21,44H,10-11,15-17H2,1H3,(H,34,36,38). The van der Waals surface area contributed by atoms with E-state index in [1.165, 1.54) is 35.2 Å². The molecule has 0 aliphatic carbocycles. The average molecular weight is 762 g/mol. The van der Waals surface area contributed by atoms with Crippen LogP contribution in [0.25, 0.3) is 16.7 Å². The molecule has 256 valence electrons. The summed E-state index contributed by atoms with van der Waals surface area (Å²) in [7, 11) is -4.25. The van der Waals surface area contributed by atoms with E-state index >= 15 is 0 Å². The van der Waals surface area contributed by atoms with Gasteiger partial charge in [-0.2, -0.15) is 9.40 Å². The Morgan fingerprint density at radius 2 is 1.90 bits per heavy atom. The molecular weight excluding hydrogens is 732 g/mol. The number of aliphatic hydroxyl groups excluding tert-OH is 1. The molecule has 0 saturated carbocycles. The third kappa shape index (κ3) is 6.52. The van der Waals surface area contributed by atoms with Gasteiger partial charge in [-0.25, -0.2) is 32.9 Å². The van der Waals surface area contributed by atoms with Crippen LogP contribution in [0.4, 0.5) is 23.0 Å². The van der Waals surface area contributed by atoms with Crippen LogP contribution < -0.4 is 15.0 Å². The fourth-order valence-electron chi connectivity index (χ4n) is 5.79. The summed E-state index contributed by atoms with van der Waals surface area (Å²) in [6.07, 6.45) is 4.68. The number of pyridine rings is 2. The van der Waals surface area contributed by atoms with Crippen LogP contribution in [0.2, 0.25) is 0 Å². The Kier molecular flexibility index (Phi) is 9.00. The van der Waals surface area contributed by atoms with Crippen molar-refractivity contribution in [1.82, 2.24) is 33.9 Å². The van der Waals surface area contributed by atoms with Crippen molar-refractivity contribution in [1.29, 1.82) is 0 Å². The lowest BCUT2D eigenvalue weighted by Gasteiger charge is -2.25. The third-order valence-corrected chi connectivity index (χ3v) is 10.8. The Hall–Kier alpha value is -5.30. The van der Waals surface area contributed by atoms with Gasteiger partial charge in [-0.3, -0.25) is 10.1 Å². The SMILES string of the molecule is Cc1cc(Nc2ncnc3cc(Br)c(N4CCN(S(=O)(=O)c5ccccc5[N+](=O)[O-])CC(CO)C4)nc23)ccc1Oc1ccn2ncnc2c1. The number of nitrogens with zero attached hydrogens (tertiary/aromatic N) is 9. The van der Waals surface area contributed by atoms with Crippen molar-refractivity contribution < 1.29 is 23.2 Å². The van der Waals surface area contributed by atoms with Crippen molar-refractivity contribution in [2.24, 2.45) is 5.92 Å². The molecule has 1 aliphatic rings. The van der Waals surface area contributed by atoms with E-state index in [2.05, 4.69) is 41.3 Å². The Bertz CT molecular complexity index is 2360. The van der Waals surface area contributed by atoms with Gasteiger partial charge in [-0.15, -0.1) is 0 Å². The predicted molar refractivity (Wildman–Crippen MR) is 187 cm³/mol. The van der Waals surface area contributed by atoms with E-state index in [-0.39, 0.29) is 32.8 Å². The highest BCUT2D eigenvalue weighted by Crippen LogP contribution is 2.34. The fraction of sp³-hybridized carbons (Fsp3) is 0.219. The summed E-state index contributed by atoms with van der Waals surface area (Å²) in [6.45, 7) is 2.07. The van der Waals surface area contributed by atoms with Crippen molar-refractivity contribution >= 4 is 65.6 Å². The summed E-state index contributed by atoms with van der Waals surface area (Å²) in [5.41, 5.74) is 2.80. The molecule has 4 aromatic heterocycles. The van der Waals surface area contributed by atoms with Crippen LogP contribution in [-0.4, -0.2) is 85.1 Å². The summed E-state index contributed by atoms with van der Waals surface area (Å²) in [4.78, 5) is 30.4. The van der Waals surface area contributed by atoms with E-state index in [1.807, 2.05) is 30.0 Å². The molecule has 0 bridgehead atoms. The van der Waals surface area contributed by atoms with E-state index in [0.29, 0.717) is 44.3 Å². The number of nitrogens with one attached hydrogen (secondary N) is 1. The second-order valence-electron chi connectivity index (χ2n) is 11.6. The van der Waals surface area contributed by atoms with Crippen LogP contribution in [0.1, 0.15) is 5.56 Å². The number of anilines is 3. The van der Waals surface area contributed by atoms with E-state index in [1.54, 1.807) is 28.9 Å². The van der Waals surface area contributed by atoms with Crippen molar-refractivity contribution in [3.8, 4) is 11.5 Å². The Morgan fingerprint density at radius 1 is 1.06 bits per heavy atom. The van der Waals surface area contributed by atoms with Gasteiger partial charge in [0, 0.05) is 62.7 Å². The number of nitro groups is 1. The smallest absolute Gasteiger partial charge is 0.289 e. The highest BCUT2D eigenvalue weighted by atomic mass is 79.9. The molecule has 18 heteroatoms. The largest absolute Gasteiger partial charge is 0.457 e. The minimum absolute atomic E-state index is 0.00791. The molecule has 2 aromatic carbocycles. The monoisotopic (exact) mass is 760 g/mol. The second-order valence-corrected chi connectivity index (χ2v) is 14.4. The second kappa shape index (κ2) is 13.5. The van der Waals surface area contributed by atoms with Gasteiger partial charge in [0.05, 0.1) is 14.9 Å². The molecule has 0 radical (unpaired) electrons. The molecule has 0 amide bonds. The van der Waals surface area contributed by atoms with E-state index in [9.17, 15) is 23.6 Å². The molecule has 1 aliphatic heterocycles. The number of sulfonamides is 1. The lowest BCUT2D eigenvalue weighted by atomic mass is 10.1. The number of aryl methyl sites for hydroxylation is 1. The number of ether oxygens (including phenoxy) is 1. The Balaban J connectivity index is 1.14. The van der Waals surface area contributed by atoms with Crippen molar-refractivity contribution in [3.63, 3.8) is 0 Å². The van der Waals surface area contributed by atoms with Gasteiger partial charge >= 0.3 is 0 Å². The summed E-state index contributed by atoms with van der Waals surface area (Å²) in [6, 6.07) is 16.3. The first-order valence-corrected chi connectivity index (χ1v) is 17.6. The molecule has 16 nitrogen and oxygen atoms in total. The number of rotatable bonds is 9. The van der Waals surface area contributed by atoms with Crippen LogP contribution in [-0.2, 0) is 10.0 Å². The van der Waals surface area contributed by atoms with Gasteiger partial charge in [0.1, 0.15) is 35.5 Å². The van der Waals surface area contributed by atoms with Crippen LogP contribution in [0, 0.1) is 23.0 Å². The zero-order chi connectivity index (χ0) is 35.0. The van der Waals surface area contributed by atoms with Crippen LogP contribution in [0.15, 0.2) is 88.9 Å². The number of aromatic nitrogens is 6. The van der Waals surface area contributed by atoms with Crippen LogP contribution >= 0.6 is 15.9 Å². The van der Waals surface area contributed by atoms with Gasteiger partial charge in [0.15, 0.2) is 16.4 Å². The van der Waals surface area contributed by atoms with Crippen LogP contribution in [0.5, 0.6) is 11.5 Å². The van der Waals surface area contributed by atoms with Crippen molar-refractivity contribution in [2.75, 3.05) is 43.0 Å². The first kappa shape index (κ1) is 33.2. The highest BCUT2D eigenvalue weighted by Gasteiger charge is 2.35. The normalized spacial score (nSPS) is 15.7. The molecule has 1 atom stereocenters. The maximum atomic E-state index is 13.7. The molecule has 5 heterocycles. The molecule has 50 heavy (non-hydrogen) atoms. The van der Waals surface area contributed by atoms with Crippen LogP contribution in [0.3, 0.4) is 0 Å². The quantitative estimate of drug-likeness (QED) is 0.152. The Labute approximate surface area is 293 Å². The maximum Gasteiger partial charge on any atom is 0.289 e. The fourth-order valence-corrected chi connectivity index (χ4v) is 8.02. The van der Waals surface area contributed by atoms with Gasteiger partial charge in [0.25, 0.3) is 5.69 Å². The zero-order valence-electron chi connectivity index (χ0n) is 26.4. The summed E-state index contributed by atoms with van der Waals surface area (Å²) >= 11 is 3.61. The summed E-state index contributed by atoms with van der Waals surface area (Å²) in [5.74, 6) is 1.73. The zero-order valence-corrected chi connectivity index (χ0v) is 28.8. The lowest BCUT2D eigenvalue weighted by molar-refractivity contribution is -0.387. The number of hydrogen-bond donors (Lipinski definition) is 2. The first-order chi connectivity index (χ1) is 24.1. The van der Waals surface area contributed by atoms with Gasteiger partial charge < -0.3 is 20.1 Å². The number of fused-ring (bicyclic) bond motifs is 2. The number of benzene rings is 2. The lowest BCUT2D eigenvalue weighted by Crippen LogP contribution is -2.37. The highest BCUT2D eigenvalue weighted by molar-refractivity contribution is 9.10. The molecule has 1 unspecified atom stereocenters.